The predicted molar refractivity (Wildman–Crippen MR) is 126 cm³/mol. The molecule has 0 spiro atoms. The maximum atomic E-state index is 11.2. The summed E-state index contributed by atoms with van der Waals surface area (Å²) < 4.78 is 13.7. The highest BCUT2D eigenvalue weighted by Gasteiger charge is 2.23. The van der Waals surface area contributed by atoms with Crippen molar-refractivity contribution in [2.75, 3.05) is 19.0 Å². The van der Waals surface area contributed by atoms with Crippen LogP contribution < -0.4 is 4.74 Å². The first-order valence-electron chi connectivity index (χ1n) is 10.8. The van der Waals surface area contributed by atoms with Crippen LogP contribution in [0.5, 0.6) is 5.75 Å². The monoisotopic (exact) mass is 465 g/mol. The number of fused-ring (bicyclic) bond motifs is 1. The van der Waals surface area contributed by atoms with E-state index in [1.807, 2.05) is 24.4 Å². The molecule has 1 N–H and O–H groups in total. The smallest absolute Gasteiger partial charge is 0.310 e. The number of hydrogen-bond donors (Lipinski definition) is 1. The van der Waals surface area contributed by atoms with Crippen molar-refractivity contribution < 1.29 is 14.4 Å². The third-order valence-corrected chi connectivity index (χ3v) is 6.52. The molecule has 10 heteroatoms. The second-order valence-corrected chi connectivity index (χ2v) is 8.78. The summed E-state index contributed by atoms with van der Waals surface area (Å²) in [5.74, 6) is 1.64. The fraction of sp³-hybridized carbons (Fsp3) is 0.304. The van der Waals surface area contributed by atoms with Crippen LogP contribution in [0.2, 0.25) is 0 Å². The van der Waals surface area contributed by atoms with Crippen molar-refractivity contribution in [1.82, 2.24) is 19.7 Å². The van der Waals surface area contributed by atoms with Gasteiger partial charge in [0.05, 0.1) is 24.2 Å². The zero-order valence-electron chi connectivity index (χ0n) is 17.8. The molecule has 0 bridgehead atoms. The fourth-order valence-electron chi connectivity index (χ4n) is 4.02. The molecule has 5 rings (SSSR count). The lowest BCUT2D eigenvalue weighted by atomic mass is 10.1. The van der Waals surface area contributed by atoms with Crippen LogP contribution in [-0.2, 0) is 11.3 Å². The number of aromatic amines is 1. The molecule has 3 heterocycles. The van der Waals surface area contributed by atoms with Gasteiger partial charge in [0, 0.05) is 41.1 Å². The number of H-pyrrole nitrogens is 1. The van der Waals surface area contributed by atoms with E-state index in [1.54, 1.807) is 18.2 Å². The van der Waals surface area contributed by atoms with Crippen molar-refractivity contribution in [3.63, 3.8) is 0 Å². The Kier molecular flexibility index (Phi) is 6.27. The van der Waals surface area contributed by atoms with Crippen LogP contribution >= 0.6 is 11.8 Å². The average Bonchev–Trinajstić information content (AvgIpc) is 3.58. The molecule has 1 fully saturated rings. The number of para-hydroxylation sites is 3. The van der Waals surface area contributed by atoms with Crippen LogP contribution in [0.4, 0.5) is 5.69 Å². The number of rotatable bonds is 9. The lowest BCUT2D eigenvalue weighted by molar-refractivity contribution is -0.385. The maximum absolute atomic E-state index is 11.2. The molecule has 9 nitrogen and oxygen atoms in total. The van der Waals surface area contributed by atoms with Gasteiger partial charge in [-0.15, -0.1) is 10.2 Å². The summed E-state index contributed by atoms with van der Waals surface area (Å²) in [4.78, 5) is 14.0. The molecule has 1 saturated heterocycles. The van der Waals surface area contributed by atoms with Gasteiger partial charge in [-0.2, -0.15) is 0 Å². The third-order valence-electron chi connectivity index (χ3n) is 5.59. The molecule has 0 radical (unpaired) electrons. The molecule has 0 amide bonds. The number of thioether (sulfide) groups is 1. The first-order valence-corrected chi connectivity index (χ1v) is 11.8. The van der Waals surface area contributed by atoms with E-state index in [0.29, 0.717) is 18.9 Å². The Hall–Kier alpha value is -3.37. The molecule has 33 heavy (non-hydrogen) atoms. The Morgan fingerprint density at radius 2 is 2.06 bits per heavy atom. The van der Waals surface area contributed by atoms with Crippen molar-refractivity contribution in [1.29, 1.82) is 0 Å². The topological polar surface area (TPSA) is 108 Å². The normalized spacial score (nSPS) is 15.8. The molecule has 1 aliphatic rings. The molecule has 4 aromatic rings. The van der Waals surface area contributed by atoms with E-state index in [1.165, 1.54) is 17.8 Å². The van der Waals surface area contributed by atoms with Gasteiger partial charge in [-0.25, -0.2) is 0 Å². The Morgan fingerprint density at radius 3 is 2.91 bits per heavy atom. The Balaban J connectivity index is 1.34. The zero-order valence-corrected chi connectivity index (χ0v) is 18.7. The van der Waals surface area contributed by atoms with E-state index >= 15 is 0 Å². The van der Waals surface area contributed by atoms with E-state index in [2.05, 4.69) is 25.8 Å². The van der Waals surface area contributed by atoms with Gasteiger partial charge in [0.2, 0.25) is 0 Å². The lowest BCUT2D eigenvalue weighted by Crippen LogP contribution is -2.17. The van der Waals surface area contributed by atoms with Gasteiger partial charge < -0.3 is 14.5 Å². The molecule has 0 aliphatic carbocycles. The second kappa shape index (κ2) is 9.63. The summed E-state index contributed by atoms with van der Waals surface area (Å²) in [5, 5.41) is 22.0. The van der Waals surface area contributed by atoms with Crippen LogP contribution in [-0.4, -0.2) is 49.7 Å². The van der Waals surface area contributed by atoms with Crippen molar-refractivity contribution in [3.05, 3.63) is 64.8 Å². The number of nitrogens with zero attached hydrogens (tertiary/aromatic N) is 4. The number of nitro benzene ring substituents is 1. The van der Waals surface area contributed by atoms with Crippen molar-refractivity contribution in [2.24, 2.45) is 0 Å². The molecule has 1 aliphatic heterocycles. The van der Waals surface area contributed by atoms with Crippen LogP contribution in [0.1, 0.15) is 12.8 Å². The minimum atomic E-state index is -0.436. The van der Waals surface area contributed by atoms with Crippen molar-refractivity contribution >= 4 is 28.4 Å². The summed E-state index contributed by atoms with van der Waals surface area (Å²) in [7, 11) is 0. The molecule has 1 atom stereocenters. The molecular weight excluding hydrogens is 442 g/mol. The largest absolute Gasteiger partial charge is 0.486 e. The summed E-state index contributed by atoms with van der Waals surface area (Å²) in [6.07, 6.45) is 4.16. The average molecular weight is 466 g/mol. The minimum absolute atomic E-state index is 0.0364. The van der Waals surface area contributed by atoms with Crippen LogP contribution in [0, 0.1) is 10.1 Å². The van der Waals surface area contributed by atoms with Gasteiger partial charge in [0.1, 0.15) is 0 Å². The number of aromatic nitrogens is 4. The standard InChI is InChI=1S/C23H23N5O4S/c29-28(30)20-9-3-4-10-21(20)32-12-13-33-23-26-25-22(27(23)15-16-6-5-11-31-16)18-14-24-19-8-2-1-7-17(18)19/h1-4,7-10,14,16,24H,5-6,11-13,15H2. The Labute approximate surface area is 194 Å². The highest BCUT2D eigenvalue weighted by atomic mass is 32.2. The molecule has 0 saturated carbocycles. The van der Waals surface area contributed by atoms with E-state index in [4.69, 9.17) is 9.47 Å². The first-order chi connectivity index (χ1) is 16.2. The number of hydrogen-bond acceptors (Lipinski definition) is 7. The Morgan fingerprint density at radius 1 is 1.21 bits per heavy atom. The highest BCUT2D eigenvalue weighted by molar-refractivity contribution is 7.99. The Bertz CT molecular complexity index is 1260. The van der Waals surface area contributed by atoms with Gasteiger partial charge in [-0.05, 0) is 25.0 Å². The summed E-state index contributed by atoms with van der Waals surface area (Å²) >= 11 is 1.52. The summed E-state index contributed by atoms with van der Waals surface area (Å²) in [5.41, 5.74) is 2.01. The number of nitrogens with one attached hydrogen (secondary N) is 1. The van der Waals surface area contributed by atoms with Gasteiger partial charge in [0.15, 0.2) is 16.7 Å². The highest BCUT2D eigenvalue weighted by Crippen LogP contribution is 2.31. The van der Waals surface area contributed by atoms with Crippen LogP contribution in [0.15, 0.2) is 59.9 Å². The first kappa shape index (κ1) is 21.5. The van der Waals surface area contributed by atoms with E-state index in [0.717, 1.165) is 46.9 Å². The van der Waals surface area contributed by atoms with E-state index in [-0.39, 0.29) is 17.5 Å². The van der Waals surface area contributed by atoms with Crippen molar-refractivity contribution in [2.45, 2.75) is 30.6 Å². The van der Waals surface area contributed by atoms with Gasteiger partial charge in [0.25, 0.3) is 0 Å². The quantitative estimate of drug-likeness (QED) is 0.165. The van der Waals surface area contributed by atoms with Gasteiger partial charge >= 0.3 is 5.69 Å². The number of ether oxygens (including phenoxy) is 2. The van der Waals surface area contributed by atoms with Gasteiger partial charge in [-0.3, -0.25) is 14.7 Å². The van der Waals surface area contributed by atoms with Crippen LogP contribution in [0.25, 0.3) is 22.3 Å². The van der Waals surface area contributed by atoms with Gasteiger partial charge in [-0.1, -0.05) is 42.1 Å². The molecule has 170 valence electrons. The van der Waals surface area contributed by atoms with Crippen molar-refractivity contribution in [3.8, 4) is 17.1 Å². The number of benzene rings is 2. The minimum Gasteiger partial charge on any atom is -0.486 e. The second-order valence-electron chi connectivity index (χ2n) is 7.72. The van der Waals surface area contributed by atoms with E-state index < -0.39 is 4.92 Å². The summed E-state index contributed by atoms with van der Waals surface area (Å²) in [6.45, 7) is 1.77. The lowest BCUT2D eigenvalue weighted by Gasteiger charge is -2.14. The van der Waals surface area contributed by atoms with Crippen LogP contribution in [0.3, 0.4) is 0 Å². The summed E-state index contributed by atoms with van der Waals surface area (Å²) in [6, 6.07) is 14.5. The zero-order chi connectivity index (χ0) is 22.6. The SMILES string of the molecule is O=[N+]([O-])c1ccccc1OCCSc1nnc(-c2c[nH]c3ccccc23)n1CC1CCCO1. The predicted octanol–water partition coefficient (Wildman–Crippen LogP) is 4.68. The molecule has 2 aromatic carbocycles. The molecular formula is C23H23N5O4S. The molecule has 2 aromatic heterocycles. The third kappa shape index (κ3) is 4.57. The molecule has 1 unspecified atom stereocenters. The maximum Gasteiger partial charge on any atom is 0.310 e. The van der Waals surface area contributed by atoms with E-state index in [9.17, 15) is 10.1 Å². The fourth-order valence-corrected chi connectivity index (χ4v) is 4.79. The number of nitro groups is 1.